The van der Waals surface area contributed by atoms with Crippen molar-refractivity contribution >= 4 is 5.91 Å². The standard InChI is InChI=1S/C28H37NO2/c1-7-31-26-14-9-8-13-24(26)23-17-18-28(5,6)25(22(23)4)16-15-20(2)11-10-12-21(3)19-27(29)30/h8-16,19,23H,7,17-18H2,1-6H3,(H2,29,30). The van der Waals surface area contributed by atoms with E-state index in [0.717, 1.165) is 29.7 Å². The van der Waals surface area contributed by atoms with Crippen LogP contribution in [0.3, 0.4) is 0 Å². The molecule has 2 N–H and O–H groups in total. The van der Waals surface area contributed by atoms with Gasteiger partial charge in [-0.15, -0.1) is 0 Å². The number of benzene rings is 1. The highest BCUT2D eigenvalue weighted by atomic mass is 16.5. The Morgan fingerprint density at radius 1 is 1.19 bits per heavy atom. The second-order valence-electron chi connectivity index (χ2n) is 8.94. The lowest BCUT2D eigenvalue weighted by molar-refractivity contribution is -0.113. The lowest BCUT2D eigenvalue weighted by Gasteiger charge is -2.38. The van der Waals surface area contributed by atoms with Gasteiger partial charge in [0.05, 0.1) is 6.61 Å². The molecule has 1 aromatic carbocycles. The summed E-state index contributed by atoms with van der Waals surface area (Å²) < 4.78 is 5.92. The first-order valence-electron chi connectivity index (χ1n) is 11.1. The maximum Gasteiger partial charge on any atom is 0.241 e. The Kier molecular flexibility index (Phi) is 8.67. The van der Waals surface area contributed by atoms with Crippen LogP contribution < -0.4 is 10.5 Å². The predicted molar refractivity (Wildman–Crippen MR) is 131 cm³/mol. The van der Waals surface area contributed by atoms with Crippen molar-refractivity contribution in [3.63, 3.8) is 0 Å². The normalized spacial score (nSPS) is 20.0. The van der Waals surface area contributed by atoms with E-state index >= 15 is 0 Å². The molecule has 0 fully saturated rings. The Bertz CT molecular complexity index is 942. The number of carbonyl (C=O) groups excluding carboxylic acids is 1. The highest BCUT2D eigenvalue weighted by molar-refractivity contribution is 5.86. The Hall–Kier alpha value is -2.81. The molecule has 0 bridgehead atoms. The molecule has 3 nitrogen and oxygen atoms in total. The van der Waals surface area contributed by atoms with E-state index in [1.807, 2.05) is 38.1 Å². The van der Waals surface area contributed by atoms with Crippen LogP contribution in [0.15, 0.2) is 83.0 Å². The quantitative estimate of drug-likeness (QED) is 0.372. The molecule has 1 aliphatic carbocycles. The fraction of sp³-hybridized carbons (Fsp3) is 0.393. The molecule has 0 radical (unpaired) electrons. The predicted octanol–water partition coefficient (Wildman–Crippen LogP) is 6.80. The molecule has 31 heavy (non-hydrogen) atoms. The van der Waals surface area contributed by atoms with Gasteiger partial charge in [0.15, 0.2) is 0 Å². The van der Waals surface area contributed by atoms with Gasteiger partial charge in [-0.3, -0.25) is 4.79 Å². The summed E-state index contributed by atoms with van der Waals surface area (Å²) >= 11 is 0. The van der Waals surface area contributed by atoms with E-state index in [1.165, 1.54) is 22.8 Å². The Morgan fingerprint density at radius 3 is 2.58 bits per heavy atom. The van der Waals surface area contributed by atoms with Crippen LogP contribution in [0.5, 0.6) is 5.75 Å². The summed E-state index contributed by atoms with van der Waals surface area (Å²) in [6.45, 7) is 13.6. The molecular formula is C28H37NO2. The molecule has 0 aromatic heterocycles. The Morgan fingerprint density at radius 2 is 1.90 bits per heavy atom. The van der Waals surface area contributed by atoms with E-state index in [-0.39, 0.29) is 5.41 Å². The van der Waals surface area contributed by atoms with Crippen LogP contribution in [0, 0.1) is 5.41 Å². The van der Waals surface area contributed by atoms with Gasteiger partial charge < -0.3 is 10.5 Å². The maximum absolute atomic E-state index is 10.9. The SMILES string of the molecule is CCOc1ccccc1C1CCC(C)(C)C(C=CC(C)=CC=CC(C)=CC(N)=O)=C1C. The van der Waals surface area contributed by atoms with Crippen molar-refractivity contribution in [3.05, 3.63) is 88.6 Å². The Labute approximate surface area is 188 Å². The van der Waals surface area contributed by atoms with Crippen LogP contribution in [-0.2, 0) is 4.79 Å². The van der Waals surface area contributed by atoms with Crippen molar-refractivity contribution in [2.45, 2.75) is 60.3 Å². The molecule has 1 aromatic rings. The van der Waals surface area contributed by atoms with Gasteiger partial charge in [0.1, 0.15) is 5.75 Å². The summed E-state index contributed by atoms with van der Waals surface area (Å²) in [4.78, 5) is 10.9. The molecule has 1 aliphatic rings. The van der Waals surface area contributed by atoms with Gasteiger partial charge in [0.2, 0.25) is 5.91 Å². The van der Waals surface area contributed by atoms with Gasteiger partial charge in [0, 0.05) is 17.6 Å². The molecule has 0 aliphatic heterocycles. The summed E-state index contributed by atoms with van der Waals surface area (Å²) in [5.74, 6) is 0.948. The van der Waals surface area contributed by atoms with Crippen molar-refractivity contribution < 1.29 is 9.53 Å². The smallest absolute Gasteiger partial charge is 0.241 e. The van der Waals surface area contributed by atoms with Crippen LogP contribution in [0.1, 0.15) is 65.9 Å². The molecule has 0 saturated carbocycles. The molecule has 0 heterocycles. The van der Waals surface area contributed by atoms with Gasteiger partial charge >= 0.3 is 0 Å². The molecule has 1 amide bonds. The summed E-state index contributed by atoms with van der Waals surface area (Å²) in [5.41, 5.74) is 11.4. The van der Waals surface area contributed by atoms with Gasteiger partial charge in [0.25, 0.3) is 0 Å². The van der Waals surface area contributed by atoms with E-state index < -0.39 is 5.91 Å². The minimum atomic E-state index is -0.426. The number of allylic oxidation sites excluding steroid dienone is 9. The first kappa shape index (κ1) is 24.5. The van der Waals surface area contributed by atoms with Gasteiger partial charge in [-0.1, -0.05) is 73.6 Å². The average molecular weight is 420 g/mol. The minimum absolute atomic E-state index is 0.134. The third-order valence-corrected chi connectivity index (χ3v) is 5.93. The van der Waals surface area contributed by atoms with E-state index in [2.05, 4.69) is 58.0 Å². The van der Waals surface area contributed by atoms with E-state index in [4.69, 9.17) is 10.5 Å². The van der Waals surface area contributed by atoms with Crippen molar-refractivity contribution in [1.82, 2.24) is 0 Å². The fourth-order valence-electron chi connectivity index (χ4n) is 4.27. The number of nitrogens with two attached hydrogens (primary N) is 1. The van der Waals surface area contributed by atoms with Crippen molar-refractivity contribution in [2.24, 2.45) is 11.1 Å². The third kappa shape index (κ3) is 6.85. The average Bonchev–Trinajstić information content (AvgIpc) is 2.68. The fourth-order valence-corrected chi connectivity index (χ4v) is 4.27. The number of carbonyl (C=O) groups is 1. The molecular weight excluding hydrogens is 382 g/mol. The van der Waals surface area contributed by atoms with Gasteiger partial charge in [-0.05, 0) is 63.2 Å². The van der Waals surface area contributed by atoms with Crippen LogP contribution in [-0.4, -0.2) is 12.5 Å². The minimum Gasteiger partial charge on any atom is -0.494 e. The van der Waals surface area contributed by atoms with Crippen molar-refractivity contribution in [2.75, 3.05) is 6.61 Å². The molecule has 1 unspecified atom stereocenters. The number of hydrogen-bond donors (Lipinski definition) is 1. The van der Waals surface area contributed by atoms with Crippen LogP contribution >= 0.6 is 0 Å². The zero-order chi connectivity index (χ0) is 23.0. The molecule has 3 heteroatoms. The summed E-state index contributed by atoms with van der Waals surface area (Å²) in [6, 6.07) is 8.43. The van der Waals surface area contributed by atoms with Gasteiger partial charge in [-0.2, -0.15) is 0 Å². The molecule has 0 saturated heterocycles. The highest BCUT2D eigenvalue weighted by Crippen LogP contribution is 2.48. The topological polar surface area (TPSA) is 52.3 Å². The first-order valence-corrected chi connectivity index (χ1v) is 11.1. The van der Waals surface area contributed by atoms with Crippen LogP contribution in [0.2, 0.25) is 0 Å². The first-order chi connectivity index (χ1) is 14.7. The van der Waals surface area contributed by atoms with Crippen molar-refractivity contribution in [1.29, 1.82) is 0 Å². The number of primary amides is 1. The van der Waals surface area contributed by atoms with E-state index in [0.29, 0.717) is 12.5 Å². The van der Waals surface area contributed by atoms with Crippen LogP contribution in [0.25, 0.3) is 0 Å². The molecule has 166 valence electrons. The number of amides is 1. The van der Waals surface area contributed by atoms with E-state index in [9.17, 15) is 4.79 Å². The zero-order valence-electron chi connectivity index (χ0n) is 19.9. The van der Waals surface area contributed by atoms with E-state index in [1.54, 1.807) is 0 Å². The monoisotopic (exact) mass is 419 g/mol. The zero-order valence-corrected chi connectivity index (χ0v) is 19.9. The molecule has 1 atom stereocenters. The lowest BCUT2D eigenvalue weighted by atomic mass is 9.67. The lowest BCUT2D eigenvalue weighted by Crippen LogP contribution is -2.24. The number of ether oxygens (including phenoxy) is 1. The second-order valence-corrected chi connectivity index (χ2v) is 8.94. The summed E-state index contributed by atoms with van der Waals surface area (Å²) in [5, 5.41) is 0. The van der Waals surface area contributed by atoms with Crippen LogP contribution in [0.4, 0.5) is 0 Å². The number of para-hydroxylation sites is 1. The molecule has 0 spiro atoms. The summed E-state index contributed by atoms with van der Waals surface area (Å²) in [6.07, 6.45) is 14.0. The highest BCUT2D eigenvalue weighted by Gasteiger charge is 2.33. The number of rotatable bonds is 8. The largest absolute Gasteiger partial charge is 0.494 e. The molecule has 2 rings (SSSR count). The Balaban J connectivity index is 2.32. The van der Waals surface area contributed by atoms with Gasteiger partial charge in [-0.25, -0.2) is 0 Å². The third-order valence-electron chi connectivity index (χ3n) is 5.93. The number of hydrogen-bond acceptors (Lipinski definition) is 2. The van der Waals surface area contributed by atoms with Crippen molar-refractivity contribution in [3.8, 4) is 5.75 Å². The summed E-state index contributed by atoms with van der Waals surface area (Å²) in [7, 11) is 0. The second kappa shape index (κ2) is 11.0. The maximum atomic E-state index is 10.9.